The number of thioether (sulfide) groups is 1. The molecule has 1 aliphatic heterocycles. The molecule has 0 aromatic heterocycles. The minimum Gasteiger partial charge on any atom is -0.481 e. The van der Waals surface area contributed by atoms with E-state index >= 15 is 0 Å². The maximum absolute atomic E-state index is 11.9. The molecule has 1 heterocycles. The van der Waals surface area contributed by atoms with Crippen LogP contribution in [-0.4, -0.2) is 22.2 Å². The van der Waals surface area contributed by atoms with E-state index in [1.165, 1.54) is 10.9 Å². The van der Waals surface area contributed by atoms with Crippen LogP contribution in [-0.2, 0) is 9.59 Å². The number of benzene rings is 2. The van der Waals surface area contributed by atoms with E-state index < -0.39 is 5.97 Å². The molecule has 2 aromatic rings. The number of hydrogen-bond acceptors (Lipinski definition) is 4. The number of fused-ring (bicyclic) bond motifs is 1. The highest BCUT2D eigenvalue weighted by Gasteiger charge is 2.25. The van der Waals surface area contributed by atoms with Gasteiger partial charge in [-0.1, -0.05) is 75.9 Å². The van der Waals surface area contributed by atoms with Crippen LogP contribution in [0, 0.1) is 5.92 Å². The van der Waals surface area contributed by atoms with Gasteiger partial charge in [0.05, 0.1) is 10.8 Å². The molecule has 2 amide bonds. The highest BCUT2D eigenvalue weighted by Crippen LogP contribution is 2.34. The fourth-order valence-corrected chi connectivity index (χ4v) is 4.67. The van der Waals surface area contributed by atoms with Gasteiger partial charge >= 0.3 is 5.97 Å². The number of carboxylic acid groups (broad SMARTS) is 1. The summed E-state index contributed by atoms with van der Waals surface area (Å²) in [6.45, 7) is 4.01. The van der Waals surface area contributed by atoms with Gasteiger partial charge in [0.2, 0.25) is 0 Å². The molecule has 0 spiro atoms. The number of imide groups is 1. The Bertz CT molecular complexity index is 1010. The molecule has 1 aliphatic rings. The average Bonchev–Trinajstić information content (AvgIpc) is 3.06. The Morgan fingerprint density at radius 1 is 1.00 bits per heavy atom. The number of rotatable bonds is 10. The first-order chi connectivity index (χ1) is 14.9. The number of aliphatic carboxylic acids is 1. The van der Waals surface area contributed by atoms with E-state index in [9.17, 15) is 14.4 Å². The van der Waals surface area contributed by atoms with Crippen molar-refractivity contribution in [3.63, 3.8) is 0 Å². The fraction of sp³-hybridized carbons (Fsp3) is 0.400. The van der Waals surface area contributed by atoms with E-state index in [1.54, 1.807) is 13.0 Å². The summed E-state index contributed by atoms with van der Waals surface area (Å²) in [6.07, 6.45) is 7.86. The third-order valence-corrected chi connectivity index (χ3v) is 6.71. The van der Waals surface area contributed by atoms with Crippen molar-refractivity contribution in [1.82, 2.24) is 5.32 Å². The Hall–Kier alpha value is -2.60. The first kappa shape index (κ1) is 23.1. The van der Waals surface area contributed by atoms with Crippen molar-refractivity contribution in [3.05, 3.63) is 52.4 Å². The Morgan fingerprint density at radius 3 is 2.32 bits per heavy atom. The predicted octanol–water partition coefficient (Wildman–Crippen LogP) is 6.33. The normalized spacial score (nSPS) is 17.2. The van der Waals surface area contributed by atoms with Gasteiger partial charge in [0, 0.05) is 0 Å². The van der Waals surface area contributed by atoms with Crippen molar-refractivity contribution in [3.8, 4) is 0 Å². The maximum Gasteiger partial charge on any atom is 0.306 e. The molecule has 5 nitrogen and oxygen atoms in total. The summed E-state index contributed by atoms with van der Waals surface area (Å²) in [6, 6.07) is 12.4. The third-order valence-electron chi connectivity index (χ3n) is 5.90. The van der Waals surface area contributed by atoms with E-state index in [-0.39, 0.29) is 17.1 Å². The van der Waals surface area contributed by atoms with Crippen molar-refractivity contribution >= 4 is 45.7 Å². The zero-order valence-corrected chi connectivity index (χ0v) is 18.8. The Labute approximate surface area is 187 Å². The van der Waals surface area contributed by atoms with Crippen LogP contribution in [0.15, 0.2) is 41.3 Å². The van der Waals surface area contributed by atoms with Crippen LogP contribution in [0.5, 0.6) is 0 Å². The van der Waals surface area contributed by atoms with Gasteiger partial charge in [0.15, 0.2) is 0 Å². The van der Waals surface area contributed by atoms with E-state index in [0.717, 1.165) is 61.2 Å². The summed E-state index contributed by atoms with van der Waals surface area (Å²) in [5.74, 6) is -0.909. The summed E-state index contributed by atoms with van der Waals surface area (Å²) in [4.78, 5) is 34.7. The van der Waals surface area contributed by atoms with Gasteiger partial charge in [0.1, 0.15) is 0 Å². The van der Waals surface area contributed by atoms with E-state index in [4.69, 9.17) is 5.11 Å². The smallest absolute Gasteiger partial charge is 0.306 e. The van der Waals surface area contributed by atoms with Crippen molar-refractivity contribution in [2.24, 2.45) is 5.92 Å². The van der Waals surface area contributed by atoms with E-state index in [1.807, 2.05) is 18.2 Å². The first-order valence-electron chi connectivity index (χ1n) is 10.9. The number of carboxylic acids is 1. The molecule has 3 rings (SSSR count). The zero-order valence-electron chi connectivity index (χ0n) is 18.0. The minimum absolute atomic E-state index is 0.259. The largest absolute Gasteiger partial charge is 0.481 e. The molecule has 2 unspecified atom stereocenters. The molecule has 0 bridgehead atoms. The zero-order chi connectivity index (χ0) is 22.4. The highest BCUT2D eigenvalue weighted by molar-refractivity contribution is 8.18. The molecule has 31 heavy (non-hydrogen) atoms. The van der Waals surface area contributed by atoms with Crippen molar-refractivity contribution in [2.75, 3.05) is 0 Å². The molecule has 2 N–H and O–H groups in total. The number of nitrogens with one attached hydrogen (secondary N) is 1. The molecule has 0 aliphatic carbocycles. The lowest BCUT2D eigenvalue weighted by molar-refractivity contribution is -0.141. The monoisotopic (exact) mass is 439 g/mol. The average molecular weight is 440 g/mol. The standard InChI is InChI=1S/C25H29NO4S/c1-16(9-5-3-4-6-10-17(2)24(28)29)19-14-13-18(20-11-7-8-12-21(19)20)15-22-23(27)26-25(30)31-22/h7-8,11-17H,3-6,9-10H2,1-2H3,(H,28,29)(H,26,27,30)/b22-15-. The molecule has 164 valence electrons. The highest BCUT2D eigenvalue weighted by atomic mass is 32.2. The van der Waals surface area contributed by atoms with Gasteiger partial charge in [-0.15, -0.1) is 0 Å². The number of unbranched alkanes of at least 4 members (excludes halogenated alkanes) is 3. The first-order valence-corrected chi connectivity index (χ1v) is 11.7. The summed E-state index contributed by atoms with van der Waals surface area (Å²) in [5, 5.41) is 13.2. The van der Waals surface area contributed by atoms with Crippen LogP contribution >= 0.6 is 11.8 Å². The van der Waals surface area contributed by atoms with Gasteiger partial charge in [-0.2, -0.15) is 0 Å². The maximum atomic E-state index is 11.9. The summed E-state index contributed by atoms with van der Waals surface area (Å²) < 4.78 is 0. The molecular formula is C25H29NO4S. The van der Waals surface area contributed by atoms with Crippen molar-refractivity contribution in [1.29, 1.82) is 0 Å². The molecule has 0 radical (unpaired) electrons. The van der Waals surface area contributed by atoms with Crippen LogP contribution in [0.1, 0.15) is 69.4 Å². The molecule has 1 saturated heterocycles. The molecular weight excluding hydrogens is 410 g/mol. The third kappa shape index (κ3) is 5.97. The second-order valence-corrected chi connectivity index (χ2v) is 9.29. The second kappa shape index (κ2) is 10.6. The van der Waals surface area contributed by atoms with Crippen LogP contribution in [0.25, 0.3) is 16.8 Å². The van der Waals surface area contributed by atoms with Crippen LogP contribution in [0.3, 0.4) is 0 Å². The Morgan fingerprint density at radius 2 is 1.68 bits per heavy atom. The molecule has 2 aromatic carbocycles. The van der Waals surface area contributed by atoms with Crippen molar-refractivity contribution < 1.29 is 19.5 Å². The number of amides is 2. The van der Waals surface area contributed by atoms with Crippen LogP contribution in [0.4, 0.5) is 4.79 Å². The molecule has 6 heteroatoms. The van der Waals surface area contributed by atoms with E-state index in [0.29, 0.717) is 10.8 Å². The summed E-state index contributed by atoms with van der Waals surface area (Å²) in [5.41, 5.74) is 2.23. The van der Waals surface area contributed by atoms with Crippen molar-refractivity contribution in [2.45, 2.75) is 58.3 Å². The predicted molar refractivity (Wildman–Crippen MR) is 126 cm³/mol. The Balaban J connectivity index is 1.65. The lowest BCUT2D eigenvalue weighted by Gasteiger charge is -2.16. The van der Waals surface area contributed by atoms with Gasteiger partial charge in [0.25, 0.3) is 11.1 Å². The topological polar surface area (TPSA) is 83.5 Å². The van der Waals surface area contributed by atoms with Gasteiger partial charge < -0.3 is 5.11 Å². The number of hydrogen-bond donors (Lipinski definition) is 2. The van der Waals surface area contributed by atoms with Gasteiger partial charge in [-0.25, -0.2) is 0 Å². The molecule has 0 saturated carbocycles. The number of carbonyl (C=O) groups is 3. The van der Waals surface area contributed by atoms with Crippen LogP contribution < -0.4 is 5.32 Å². The van der Waals surface area contributed by atoms with Gasteiger partial charge in [-0.05, 0) is 58.5 Å². The fourth-order valence-electron chi connectivity index (χ4n) is 4.00. The summed E-state index contributed by atoms with van der Waals surface area (Å²) >= 11 is 0.937. The minimum atomic E-state index is -0.710. The summed E-state index contributed by atoms with van der Waals surface area (Å²) in [7, 11) is 0. The molecule has 1 fully saturated rings. The molecule has 2 atom stereocenters. The van der Waals surface area contributed by atoms with E-state index in [2.05, 4.69) is 30.4 Å². The lowest BCUT2D eigenvalue weighted by atomic mass is 9.89. The second-order valence-electron chi connectivity index (χ2n) is 8.27. The SMILES string of the molecule is CC(CCCCCCC(C)c1ccc(/C=C2\SC(=O)NC2=O)c2ccccc12)C(=O)O. The van der Waals surface area contributed by atoms with Gasteiger partial charge in [-0.3, -0.25) is 19.7 Å². The lowest BCUT2D eigenvalue weighted by Crippen LogP contribution is -2.17. The quantitative estimate of drug-likeness (QED) is 0.334. The Kier molecular flexibility index (Phi) is 7.91. The number of carbonyl (C=O) groups excluding carboxylic acids is 2. The van der Waals surface area contributed by atoms with Crippen LogP contribution in [0.2, 0.25) is 0 Å².